The van der Waals surface area contributed by atoms with Gasteiger partial charge in [-0.3, -0.25) is 0 Å². The molecule has 0 saturated carbocycles. The second-order valence-electron chi connectivity index (χ2n) is 2.48. The largest absolute Gasteiger partial charge is 0.416 e. The van der Waals surface area contributed by atoms with E-state index in [4.69, 9.17) is 5.26 Å². The molecule has 0 spiro atoms. The van der Waals surface area contributed by atoms with Crippen LogP contribution in [0.15, 0.2) is 18.2 Å². The summed E-state index contributed by atoms with van der Waals surface area (Å²) in [5, 5.41) is 8.45. The lowest BCUT2D eigenvalue weighted by atomic mass is 10.1. The van der Waals surface area contributed by atoms with Gasteiger partial charge in [0.1, 0.15) is 0 Å². The fraction of sp³-hybridized carbons (Fsp3) is 0.111. The predicted molar refractivity (Wildman–Crippen MR) is 40.6 cm³/mol. The number of hydrogen-bond donors (Lipinski definition) is 0. The number of hydrogen-bond acceptors (Lipinski definition) is 1. The number of rotatable bonds is 0. The molecule has 0 atom stereocenters. The highest BCUT2D eigenvalue weighted by molar-refractivity contribution is 5.42. The maximum Gasteiger partial charge on any atom is 0.416 e. The van der Waals surface area contributed by atoms with E-state index in [-0.39, 0.29) is 5.56 Å². The molecule has 0 bridgehead atoms. The van der Waals surface area contributed by atoms with Crippen LogP contribution in [0.1, 0.15) is 16.7 Å². The van der Waals surface area contributed by atoms with Crippen molar-refractivity contribution in [1.29, 1.82) is 5.26 Å². The number of benzene rings is 1. The molecular formula is C9H5F3N. The van der Waals surface area contributed by atoms with Crippen molar-refractivity contribution in [2.45, 2.75) is 6.18 Å². The first-order valence-corrected chi connectivity index (χ1v) is 3.38. The van der Waals surface area contributed by atoms with Crippen molar-refractivity contribution in [3.8, 4) is 6.07 Å². The van der Waals surface area contributed by atoms with Crippen LogP contribution in [-0.4, -0.2) is 0 Å². The zero-order chi connectivity index (χ0) is 10.1. The average Bonchev–Trinajstić information content (AvgIpc) is 2.03. The zero-order valence-electron chi connectivity index (χ0n) is 6.52. The fourth-order valence-corrected chi connectivity index (χ4v) is 0.857. The number of nitrogens with zero attached hydrogens (tertiary/aromatic N) is 1. The third-order valence-corrected chi connectivity index (χ3v) is 1.56. The van der Waals surface area contributed by atoms with Crippen molar-refractivity contribution in [3.05, 3.63) is 41.8 Å². The molecule has 0 amide bonds. The quantitative estimate of drug-likeness (QED) is 0.608. The minimum absolute atomic E-state index is 0.0465. The summed E-state index contributed by atoms with van der Waals surface area (Å²) in [5.41, 5.74) is -0.568. The van der Waals surface area contributed by atoms with Crippen molar-refractivity contribution >= 4 is 0 Å². The Kier molecular flexibility index (Phi) is 2.28. The van der Waals surface area contributed by atoms with E-state index in [9.17, 15) is 13.2 Å². The van der Waals surface area contributed by atoms with E-state index in [1.165, 1.54) is 6.07 Å². The predicted octanol–water partition coefficient (Wildman–Crippen LogP) is 2.76. The molecule has 0 saturated heterocycles. The lowest BCUT2D eigenvalue weighted by Gasteiger charge is -2.07. The molecule has 0 aliphatic heterocycles. The number of nitriles is 1. The molecule has 0 aromatic heterocycles. The van der Waals surface area contributed by atoms with Crippen LogP contribution in [0.2, 0.25) is 0 Å². The molecule has 1 aromatic rings. The Hall–Kier alpha value is -1.50. The monoisotopic (exact) mass is 184 g/mol. The Morgan fingerprint density at radius 3 is 2.38 bits per heavy atom. The fourth-order valence-electron chi connectivity index (χ4n) is 0.857. The molecule has 67 valence electrons. The van der Waals surface area contributed by atoms with Crippen LogP contribution in [0.3, 0.4) is 0 Å². The summed E-state index contributed by atoms with van der Waals surface area (Å²) < 4.78 is 36.3. The molecule has 13 heavy (non-hydrogen) atoms. The van der Waals surface area contributed by atoms with Crippen LogP contribution >= 0.6 is 0 Å². The van der Waals surface area contributed by atoms with Crippen LogP contribution in [0.4, 0.5) is 13.2 Å². The van der Waals surface area contributed by atoms with Crippen LogP contribution in [0.5, 0.6) is 0 Å². The van der Waals surface area contributed by atoms with E-state index in [2.05, 4.69) is 6.92 Å². The summed E-state index contributed by atoms with van der Waals surface area (Å²) in [4.78, 5) is 0. The smallest absolute Gasteiger partial charge is 0.192 e. The van der Waals surface area contributed by atoms with Crippen molar-refractivity contribution in [2.24, 2.45) is 0 Å². The van der Waals surface area contributed by atoms with Gasteiger partial charge in [0.2, 0.25) is 0 Å². The van der Waals surface area contributed by atoms with Gasteiger partial charge in [0, 0.05) is 0 Å². The van der Waals surface area contributed by atoms with Gasteiger partial charge in [0.15, 0.2) is 0 Å². The number of halogens is 3. The summed E-state index contributed by atoms with van der Waals surface area (Å²) in [6.45, 7) is 3.42. The minimum Gasteiger partial charge on any atom is -0.192 e. The van der Waals surface area contributed by atoms with Crippen LogP contribution in [0, 0.1) is 18.3 Å². The molecule has 0 unspecified atom stereocenters. The van der Waals surface area contributed by atoms with Gasteiger partial charge < -0.3 is 0 Å². The van der Waals surface area contributed by atoms with Gasteiger partial charge in [0.25, 0.3) is 0 Å². The molecule has 1 radical (unpaired) electrons. The normalized spacial score (nSPS) is 11.0. The summed E-state index contributed by atoms with van der Waals surface area (Å²) in [6.07, 6.45) is -4.40. The standard InChI is InChI=1S/C9H5F3N/c1-6-2-3-8(9(10,11)12)4-7(6)5-13/h2-4H,1H2. The molecule has 0 heterocycles. The van der Waals surface area contributed by atoms with Gasteiger partial charge in [-0.2, -0.15) is 18.4 Å². The Labute approximate surface area is 73.4 Å². The van der Waals surface area contributed by atoms with Gasteiger partial charge in [-0.15, -0.1) is 0 Å². The maximum absolute atomic E-state index is 12.1. The molecule has 4 heteroatoms. The van der Waals surface area contributed by atoms with Gasteiger partial charge in [-0.25, -0.2) is 0 Å². The summed E-state index contributed by atoms with van der Waals surface area (Å²) >= 11 is 0. The van der Waals surface area contributed by atoms with Crippen LogP contribution in [0.25, 0.3) is 0 Å². The first kappa shape index (κ1) is 9.59. The van der Waals surface area contributed by atoms with E-state index in [1.807, 2.05) is 0 Å². The molecular weight excluding hydrogens is 179 g/mol. The second-order valence-corrected chi connectivity index (χ2v) is 2.48. The Morgan fingerprint density at radius 1 is 1.31 bits per heavy atom. The summed E-state index contributed by atoms with van der Waals surface area (Å²) in [7, 11) is 0. The van der Waals surface area contributed by atoms with Crippen LogP contribution in [-0.2, 0) is 6.18 Å². The highest BCUT2D eigenvalue weighted by Gasteiger charge is 2.30. The van der Waals surface area contributed by atoms with Crippen LogP contribution < -0.4 is 0 Å². The molecule has 1 aromatic carbocycles. The van der Waals surface area contributed by atoms with E-state index in [0.717, 1.165) is 12.1 Å². The van der Waals surface area contributed by atoms with Gasteiger partial charge in [-0.1, -0.05) is 6.07 Å². The molecule has 1 nitrogen and oxygen atoms in total. The number of alkyl halides is 3. The Morgan fingerprint density at radius 2 is 1.92 bits per heavy atom. The topological polar surface area (TPSA) is 23.8 Å². The maximum atomic E-state index is 12.1. The van der Waals surface area contributed by atoms with E-state index in [0.29, 0.717) is 5.56 Å². The Balaban J connectivity index is 3.24. The molecule has 0 N–H and O–H groups in total. The van der Waals surface area contributed by atoms with E-state index >= 15 is 0 Å². The van der Waals surface area contributed by atoms with Crippen molar-refractivity contribution in [3.63, 3.8) is 0 Å². The molecule has 0 fully saturated rings. The van der Waals surface area contributed by atoms with Crippen molar-refractivity contribution < 1.29 is 13.2 Å². The Bertz CT molecular complexity index is 360. The highest BCUT2D eigenvalue weighted by Crippen LogP contribution is 2.30. The third-order valence-electron chi connectivity index (χ3n) is 1.56. The first-order valence-electron chi connectivity index (χ1n) is 3.38. The lowest BCUT2D eigenvalue weighted by Crippen LogP contribution is -2.05. The van der Waals surface area contributed by atoms with Crippen molar-refractivity contribution in [2.75, 3.05) is 0 Å². The zero-order valence-corrected chi connectivity index (χ0v) is 6.52. The molecule has 1 rings (SSSR count). The third kappa shape index (κ3) is 2.00. The first-order chi connectivity index (χ1) is 5.95. The lowest BCUT2D eigenvalue weighted by molar-refractivity contribution is -0.137. The van der Waals surface area contributed by atoms with E-state index < -0.39 is 11.7 Å². The average molecular weight is 184 g/mol. The SMILES string of the molecule is [CH2]c1ccc(C(F)(F)F)cc1C#N. The van der Waals surface area contributed by atoms with Crippen molar-refractivity contribution in [1.82, 2.24) is 0 Å². The highest BCUT2D eigenvalue weighted by atomic mass is 19.4. The van der Waals surface area contributed by atoms with Gasteiger partial charge >= 0.3 is 6.18 Å². The van der Waals surface area contributed by atoms with Gasteiger partial charge in [-0.05, 0) is 24.6 Å². The molecule has 0 aliphatic rings. The van der Waals surface area contributed by atoms with E-state index in [1.54, 1.807) is 6.07 Å². The second kappa shape index (κ2) is 3.09. The summed E-state index contributed by atoms with van der Waals surface area (Å²) in [5.74, 6) is 0. The van der Waals surface area contributed by atoms with Gasteiger partial charge in [0.05, 0.1) is 17.2 Å². The minimum atomic E-state index is -4.40. The summed E-state index contributed by atoms with van der Waals surface area (Å²) in [6, 6.07) is 4.53. The molecule has 0 aliphatic carbocycles.